The number of phenols is 1. The van der Waals surface area contributed by atoms with Crippen LogP contribution in [0.5, 0.6) is 5.75 Å². The summed E-state index contributed by atoms with van der Waals surface area (Å²) in [6, 6.07) is 7.63. The molecule has 3 heteroatoms. The van der Waals surface area contributed by atoms with Crippen molar-refractivity contribution in [2.24, 2.45) is 0 Å². The van der Waals surface area contributed by atoms with E-state index >= 15 is 0 Å². The Bertz CT molecular complexity index is 328. The summed E-state index contributed by atoms with van der Waals surface area (Å²) in [5.74, 6) is 1.02. The molecule has 15 heavy (non-hydrogen) atoms. The highest BCUT2D eigenvalue weighted by Crippen LogP contribution is 2.37. The lowest BCUT2D eigenvalue weighted by atomic mass is 9.84. The van der Waals surface area contributed by atoms with E-state index in [0.717, 1.165) is 3.92 Å². The molecule has 0 heterocycles. The molecule has 0 unspecified atom stereocenters. The molecule has 0 saturated heterocycles. The standard InChI is InChI=1S/C12H16INO/c14-13-11-5-1-9(2-6-11)10-3-7-12(15)8-4-10/h3-4,7-9,11,14-15H,1-2,5-6H2. The number of halogens is 1. The minimum atomic E-state index is -0.299. The molecule has 0 atom stereocenters. The summed E-state index contributed by atoms with van der Waals surface area (Å²) in [5, 5.41) is 9.21. The van der Waals surface area contributed by atoms with Gasteiger partial charge in [0.15, 0.2) is 0 Å². The number of phenolic OH excluding ortho intramolecular Hbond substituents is 1. The van der Waals surface area contributed by atoms with E-state index in [4.69, 9.17) is 3.56 Å². The first-order chi connectivity index (χ1) is 7.29. The van der Waals surface area contributed by atoms with Gasteiger partial charge in [-0.2, -0.15) is 0 Å². The van der Waals surface area contributed by atoms with Crippen molar-refractivity contribution in [1.29, 1.82) is 3.56 Å². The van der Waals surface area contributed by atoms with E-state index in [0.29, 0.717) is 11.7 Å². The van der Waals surface area contributed by atoms with Gasteiger partial charge in [-0.25, -0.2) is 0 Å². The second-order valence-electron chi connectivity index (χ2n) is 4.15. The van der Waals surface area contributed by atoms with Crippen LogP contribution in [0.2, 0.25) is 0 Å². The second kappa shape index (κ2) is 5.05. The molecule has 2 nitrogen and oxygen atoms in total. The minimum absolute atomic E-state index is 0.299. The lowest BCUT2D eigenvalue weighted by Crippen LogP contribution is -2.12. The molecule has 82 valence electrons. The fourth-order valence-electron chi connectivity index (χ4n) is 2.24. The van der Waals surface area contributed by atoms with Gasteiger partial charge >= 0.3 is 0 Å². The molecule has 0 radical (unpaired) electrons. The number of nitrogens with one attached hydrogen (secondary N) is 1. The molecule has 0 spiro atoms. The van der Waals surface area contributed by atoms with Gasteiger partial charge in [-0.3, -0.25) is 3.56 Å². The molecule has 2 rings (SSSR count). The van der Waals surface area contributed by atoms with E-state index in [9.17, 15) is 5.11 Å². The first kappa shape index (κ1) is 11.0. The summed E-state index contributed by atoms with van der Waals surface area (Å²) in [6.07, 6.45) is 4.94. The molecular formula is C12H16INO. The molecule has 0 aliphatic heterocycles. The van der Waals surface area contributed by atoms with Crippen LogP contribution in [-0.4, -0.2) is 9.03 Å². The summed E-state index contributed by atoms with van der Waals surface area (Å²) in [6.45, 7) is 0. The zero-order chi connectivity index (χ0) is 10.7. The van der Waals surface area contributed by atoms with Crippen molar-refractivity contribution in [3.05, 3.63) is 29.8 Å². The highest BCUT2D eigenvalue weighted by atomic mass is 127. The lowest BCUT2D eigenvalue weighted by Gasteiger charge is -2.25. The average molecular weight is 317 g/mol. The van der Waals surface area contributed by atoms with Crippen LogP contribution in [0.25, 0.3) is 0 Å². The monoisotopic (exact) mass is 317 g/mol. The Hall–Kier alpha value is -0.450. The van der Waals surface area contributed by atoms with E-state index in [-0.39, 0.29) is 21.0 Å². The van der Waals surface area contributed by atoms with Gasteiger partial charge in [0.1, 0.15) is 5.75 Å². The zero-order valence-electron chi connectivity index (χ0n) is 8.62. The molecule has 1 aliphatic rings. The van der Waals surface area contributed by atoms with E-state index in [2.05, 4.69) is 0 Å². The maximum atomic E-state index is 9.21. The fourth-order valence-corrected chi connectivity index (χ4v) is 3.58. The summed E-state index contributed by atoms with van der Waals surface area (Å²) in [7, 11) is 0. The van der Waals surface area contributed by atoms with Gasteiger partial charge in [0.25, 0.3) is 0 Å². The Balaban J connectivity index is 2.01. The third-order valence-electron chi connectivity index (χ3n) is 3.18. The van der Waals surface area contributed by atoms with E-state index in [1.54, 1.807) is 12.1 Å². The maximum Gasteiger partial charge on any atom is 0.115 e. The van der Waals surface area contributed by atoms with Crippen LogP contribution < -0.4 is 0 Å². The molecule has 0 bridgehead atoms. The third-order valence-corrected chi connectivity index (χ3v) is 5.30. The van der Waals surface area contributed by atoms with Crippen molar-refractivity contribution in [3.63, 3.8) is 0 Å². The molecule has 1 saturated carbocycles. The van der Waals surface area contributed by atoms with Gasteiger partial charge in [0.2, 0.25) is 0 Å². The van der Waals surface area contributed by atoms with Gasteiger partial charge in [0, 0.05) is 3.92 Å². The van der Waals surface area contributed by atoms with Crippen LogP contribution in [0.4, 0.5) is 0 Å². The van der Waals surface area contributed by atoms with Crippen molar-refractivity contribution in [2.45, 2.75) is 35.5 Å². The van der Waals surface area contributed by atoms with Gasteiger partial charge in [-0.05, 0) is 70.3 Å². The van der Waals surface area contributed by atoms with Crippen molar-refractivity contribution in [1.82, 2.24) is 0 Å². The highest BCUT2D eigenvalue weighted by Gasteiger charge is 2.21. The molecule has 0 amide bonds. The van der Waals surface area contributed by atoms with Crippen molar-refractivity contribution < 1.29 is 5.11 Å². The largest absolute Gasteiger partial charge is 0.508 e. The predicted octanol–water partition coefficient (Wildman–Crippen LogP) is 4.15. The maximum absolute atomic E-state index is 9.21. The SMILES string of the molecule is N=IC1CCC(c2ccc(O)cc2)CC1. The molecule has 2 N–H and O–H groups in total. The Labute approximate surface area is 101 Å². The predicted molar refractivity (Wildman–Crippen MR) is 69.8 cm³/mol. The number of aromatic hydroxyl groups is 1. The second-order valence-corrected chi connectivity index (χ2v) is 6.53. The average Bonchev–Trinajstić information content (AvgIpc) is 2.30. The van der Waals surface area contributed by atoms with Crippen molar-refractivity contribution in [2.75, 3.05) is 0 Å². The van der Waals surface area contributed by atoms with Gasteiger partial charge < -0.3 is 5.11 Å². The highest BCUT2D eigenvalue weighted by molar-refractivity contribution is 14.1. The van der Waals surface area contributed by atoms with Crippen LogP contribution in [0.15, 0.2) is 24.3 Å². The van der Waals surface area contributed by atoms with E-state index < -0.39 is 0 Å². The number of alkyl halides is 1. The van der Waals surface area contributed by atoms with Crippen LogP contribution in [0, 0.1) is 3.56 Å². The first-order valence-electron chi connectivity index (χ1n) is 5.37. The summed E-state index contributed by atoms with van der Waals surface area (Å²) >= 11 is -0.299. The molecule has 0 aromatic heterocycles. The Morgan fingerprint density at radius 2 is 1.67 bits per heavy atom. The molecule has 1 aromatic rings. The fraction of sp³-hybridized carbons (Fsp3) is 0.500. The third kappa shape index (κ3) is 2.77. The number of rotatable bonds is 2. The molecule has 1 fully saturated rings. The van der Waals surface area contributed by atoms with Gasteiger partial charge in [-0.1, -0.05) is 12.1 Å². The van der Waals surface area contributed by atoms with E-state index in [1.807, 2.05) is 12.1 Å². The smallest absolute Gasteiger partial charge is 0.115 e. The van der Waals surface area contributed by atoms with Gasteiger partial charge in [-0.15, -0.1) is 0 Å². The van der Waals surface area contributed by atoms with Crippen LogP contribution in [0.3, 0.4) is 0 Å². The Morgan fingerprint density at radius 3 is 2.20 bits per heavy atom. The van der Waals surface area contributed by atoms with Crippen LogP contribution >= 0.6 is 21.0 Å². The van der Waals surface area contributed by atoms with Crippen LogP contribution in [-0.2, 0) is 0 Å². The normalized spacial score (nSPS) is 26.4. The minimum Gasteiger partial charge on any atom is -0.508 e. The lowest BCUT2D eigenvalue weighted by molar-refractivity contribution is 0.458. The summed E-state index contributed by atoms with van der Waals surface area (Å²) in [4.78, 5) is 0. The van der Waals surface area contributed by atoms with Crippen molar-refractivity contribution >= 4 is 21.0 Å². The molecule has 1 aliphatic carbocycles. The molecular weight excluding hydrogens is 301 g/mol. The zero-order valence-corrected chi connectivity index (χ0v) is 10.8. The van der Waals surface area contributed by atoms with Crippen LogP contribution in [0.1, 0.15) is 37.2 Å². The number of hydrogen-bond donors (Lipinski definition) is 2. The Kier molecular flexibility index (Phi) is 3.72. The van der Waals surface area contributed by atoms with Crippen molar-refractivity contribution in [3.8, 4) is 5.75 Å². The number of hydrogen-bond acceptors (Lipinski definition) is 2. The van der Waals surface area contributed by atoms with E-state index in [1.165, 1.54) is 31.2 Å². The summed E-state index contributed by atoms with van der Waals surface area (Å²) < 4.78 is 8.21. The quantitative estimate of drug-likeness (QED) is 0.624. The van der Waals surface area contributed by atoms with Gasteiger partial charge in [0.05, 0.1) is 0 Å². The Morgan fingerprint density at radius 1 is 1.07 bits per heavy atom. The first-order valence-corrected chi connectivity index (χ1v) is 7.70. The summed E-state index contributed by atoms with van der Waals surface area (Å²) in [5.41, 5.74) is 1.36. The molecule has 1 aromatic carbocycles. The topological polar surface area (TPSA) is 44.1 Å². The number of benzene rings is 1.